The van der Waals surface area contributed by atoms with Crippen molar-refractivity contribution in [2.45, 2.75) is 26.4 Å². The molecule has 0 saturated carbocycles. The van der Waals surface area contributed by atoms with Crippen LogP contribution in [-0.4, -0.2) is 51.0 Å². The highest BCUT2D eigenvalue weighted by atomic mass is 35.5. The van der Waals surface area contributed by atoms with Gasteiger partial charge in [0.1, 0.15) is 12.7 Å². The second-order valence-corrected chi connectivity index (χ2v) is 4.67. The van der Waals surface area contributed by atoms with Gasteiger partial charge < -0.3 is 20.3 Å². The summed E-state index contributed by atoms with van der Waals surface area (Å²) in [6.45, 7) is 5.94. The van der Waals surface area contributed by atoms with Gasteiger partial charge in [-0.2, -0.15) is 0 Å². The fourth-order valence-corrected chi connectivity index (χ4v) is 2.19. The number of rotatable bonds is 3. The van der Waals surface area contributed by atoms with Gasteiger partial charge in [-0.3, -0.25) is 9.36 Å². The van der Waals surface area contributed by atoms with Crippen molar-refractivity contribution in [2.75, 3.05) is 19.6 Å². The van der Waals surface area contributed by atoms with E-state index in [0.29, 0.717) is 12.4 Å². The molecule has 1 amide bonds. The number of hydrogen-bond acceptors (Lipinski definition) is 5. The van der Waals surface area contributed by atoms with Crippen molar-refractivity contribution >= 4 is 24.1 Å². The molecule has 1 aliphatic rings. The highest BCUT2D eigenvalue weighted by Crippen LogP contribution is 2.11. The average molecular weight is 304 g/mol. The lowest BCUT2D eigenvalue weighted by atomic mass is 10.2. The largest absolute Gasteiger partial charge is 0.381 e. The van der Waals surface area contributed by atoms with Crippen LogP contribution in [0.5, 0.6) is 0 Å². The van der Waals surface area contributed by atoms with Crippen molar-refractivity contribution < 1.29 is 9.72 Å². The molecule has 9 heteroatoms. The van der Waals surface area contributed by atoms with Crippen molar-refractivity contribution in [1.29, 1.82) is 0 Å². The second kappa shape index (κ2) is 6.67. The van der Waals surface area contributed by atoms with Gasteiger partial charge in [-0.1, -0.05) is 0 Å². The SMILES string of the molecule is Cc1nc([N+](=O)[O-])cn1CC(=O)N1CCNC[C@@H]1C.Cl. The Bertz CT molecular complexity index is 504. The summed E-state index contributed by atoms with van der Waals surface area (Å²) in [5.41, 5.74) is 0. The van der Waals surface area contributed by atoms with Crippen molar-refractivity contribution in [3.63, 3.8) is 0 Å². The highest BCUT2D eigenvalue weighted by molar-refractivity contribution is 5.85. The topological polar surface area (TPSA) is 93.3 Å². The fourth-order valence-electron chi connectivity index (χ4n) is 2.19. The number of carbonyl (C=O) groups is 1. The zero-order chi connectivity index (χ0) is 14.0. The number of nitrogens with zero attached hydrogens (tertiary/aromatic N) is 4. The first-order valence-electron chi connectivity index (χ1n) is 6.17. The van der Waals surface area contributed by atoms with E-state index in [4.69, 9.17) is 0 Å². The Morgan fingerprint density at radius 3 is 2.90 bits per heavy atom. The molecule has 1 aliphatic heterocycles. The lowest BCUT2D eigenvalue weighted by Gasteiger charge is -2.34. The number of imidazole rings is 1. The predicted octanol–water partition coefficient (Wildman–Crippen LogP) is 0.342. The summed E-state index contributed by atoms with van der Waals surface area (Å²) in [6.07, 6.45) is 1.31. The van der Waals surface area contributed by atoms with Crippen LogP contribution in [0.3, 0.4) is 0 Å². The molecule has 20 heavy (non-hydrogen) atoms. The molecule has 1 aromatic heterocycles. The molecule has 2 rings (SSSR count). The van der Waals surface area contributed by atoms with Crippen molar-refractivity contribution in [3.05, 3.63) is 22.1 Å². The summed E-state index contributed by atoms with van der Waals surface area (Å²) < 4.78 is 1.52. The molecule has 2 heterocycles. The Morgan fingerprint density at radius 1 is 1.65 bits per heavy atom. The monoisotopic (exact) mass is 303 g/mol. The van der Waals surface area contributed by atoms with Crippen LogP contribution >= 0.6 is 12.4 Å². The van der Waals surface area contributed by atoms with E-state index in [0.717, 1.165) is 13.1 Å². The van der Waals surface area contributed by atoms with Crippen LogP contribution in [0.25, 0.3) is 0 Å². The summed E-state index contributed by atoms with van der Waals surface area (Å²) in [6, 6.07) is 0.139. The summed E-state index contributed by atoms with van der Waals surface area (Å²) in [5, 5.41) is 13.8. The van der Waals surface area contributed by atoms with E-state index in [1.807, 2.05) is 6.92 Å². The smallest absolute Gasteiger partial charge is 0.358 e. The van der Waals surface area contributed by atoms with Crippen LogP contribution < -0.4 is 5.32 Å². The number of aromatic nitrogens is 2. The molecule has 1 fully saturated rings. The Balaban J connectivity index is 0.00000200. The maximum Gasteiger partial charge on any atom is 0.381 e. The molecule has 0 aliphatic carbocycles. The zero-order valence-electron chi connectivity index (χ0n) is 11.4. The van der Waals surface area contributed by atoms with E-state index in [9.17, 15) is 14.9 Å². The first-order chi connectivity index (χ1) is 8.99. The Labute approximate surface area is 122 Å². The zero-order valence-corrected chi connectivity index (χ0v) is 12.2. The number of carbonyl (C=O) groups excluding carboxylic acids is 1. The van der Waals surface area contributed by atoms with Gasteiger partial charge in [0, 0.05) is 32.6 Å². The first-order valence-corrected chi connectivity index (χ1v) is 6.17. The Morgan fingerprint density at radius 2 is 2.35 bits per heavy atom. The van der Waals surface area contributed by atoms with E-state index >= 15 is 0 Å². The van der Waals surface area contributed by atoms with Crippen LogP contribution in [0.2, 0.25) is 0 Å². The molecule has 8 nitrogen and oxygen atoms in total. The van der Waals surface area contributed by atoms with Gasteiger partial charge in [0.2, 0.25) is 11.7 Å². The molecule has 1 aromatic rings. The minimum atomic E-state index is -0.554. The number of halogens is 1. The van der Waals surface area contributed by atoms with Crippen molar-refractivity contribution in [1.82, 2.24) is 19.8 Å². The van der Waals surface area contributed by atoms with Gasteiger partial charge >= 0.3 is 5.82 Å². The van der Waals surface area contributed by atoms with Crippen molar-refractivity contribution in [3.8, 4) is 0 Å². The van der Waals surface area contributed by atoms with Gasteiger partial charge in [0.15, 0.2) is 0 Å². The third-order valence-electron chi connectivity index (χ3n) is 3.28. The fraction of sp³-hybridized carbons (Fsp3) is 0.636. The maximum absolute atomic E-state index is 12.2. The third kappa shape index (κ3) is 3.45. The minimum absolute atomic E-state index is 0. The summed E-state index contributed by atoms with van der Waals surface area (Å²) in [7, 11) is 0. The minimum Gasteiger partial charge on any atom is -0.358 e. The van der Waals surface area contributed by atoms with Gasteiger partial charge in [0.25, 0.3) is 0 Å². The lowest BCUT2D eigenvalue weighted by molar-refractivity contribution is -0.389. The van der Waals surface area contributed by atoms with E-state index in [1.165, 1.54) is 10.8 Å². The molecule has 0 aromatic carbocycles. The van der Waals surface area contributed by atoms with Gasteiger partial charge in [-0.25, -0.2) is 0 Å². The Kier molecular flexibility index (Phi) is 5.46. The molecule has 1 atom stereocenters. The van der Waals surface area contributed by atoms with Crippen molar-refractivity contribution in [2.24, 2.45) is 0 Å². The van der Waals surface area contributed by atoms with Crippen LogP contribution in [0.4, 0.5) is 5.82 Å². The quantitative estimate of drug-likeness (QED) is 0.642. The van der Waals surface area contributed by atoms with E-state index in [1.54, 1.807) is 11.8 Å². The predicted molar refractivity (Wildman–Crippen MR) is 74.9 cm³/mol. The highest BCUT2D eigenvalue weighted by Gasteiger charge is 2.24. The second-order valence-electron chi connectivity index (χ2n) is 4.67. The van der Waals surface area contributed by atoms with E-state index in [2.05, 4.69) is 10.3 Å². The molecule has 0 bridgehead atoms. The van der Waals surface area contributed by atoms with Gasteiger partial charge in [0.05, 0.1) is 0 Å². The lowest BCUT2D eigenvalue weighted by Crippen LogP contribution is -2.53. The molecule has 0 radical (unpaired) electrons. The molecular formula is C11H18ClN5O3. The summed E-state index contributed by atoms with van der Waals surface area (Å²) >= 11 is 0. The van der Waals surface area contributed by atoms with Crippen LogP contribution in [-0.2, 0) is 11.3 Å². The van der Waals surface area contributed by atoms with Crippen LogP contribution in [0, 0.1) is 17.0 Å². The number of amides is 1. The third-order valence-corrected chi connectivity index (χ3v) is 3.28. The number of aryl methyl sites for hydroxylation is 1. The standard InChI is InChI=1S/C11H17N5O3.ClH/c1-8-5-12-3-4-15(8)11(17)7-14-6-10(16(18)19)13-9(14)2;/h6,8,12H,3-5,7H2,1-2H3;1H/t8-;/m0./s1. The van der Waals surface area contributed by atoms with Crippen LogP contribution in [0.15, 0.2) is 6.20 Å². The molecule has 1 saturated heterocycles. The van der Waals surface area contributed by atoms with Gasteiger partial charge in [-0.05, 0) is 16.8 Å². The molecule has 112 valence electrons. The molecule has 1 N–H and O–H groups in total. The number of hydrogen-bond donors (Lipinski definition) is 1. The Hall–Kier alpha value is -1.67. The number of nitro groups is 1. The molecular weight excluding hydrogens is 286 g/mol. The molecule has 0 unspecified atom stereocenters. The van der Waals surface area contributed by atoms with E-state index < -0.39 is 4.92 Å². The normalized spacial score (nSPS) is 18.5. The first kappa shape index (κ1) is 16.4. The summed E-state index contributed by atoms with van der Waals surface area (Å²) in [4.78, 5) is 27.9. The average Bonchev–Trinajstić information content (AvgIpc) is 2.71. The number of piperazine rings is 1. The van der Waals surface area contributed by atoms with E-state index in [-0.39, 0.29) is 36.7 Å². The van der Waals surface area contributed by atoms with Crippen LogP contribution in [0.1, 0.15) is 12.7 Å². The summed E-state index contributed by atoms with van der Waals surface area (Å²) in [5.74, 6) is 0.214. The maximum atomic E-state index is 12.2. The number of nitrogens with one attached hydrogen (secondary N) is 1. The van der Waals surface area contributed by atoms with Gasteiger partial charge in [-0.15, -0.1) is 12.4 Å². The molecule has 0 spiro atoms.